The fourth-order valence-corrected chi connectivity index (χ4v) is 2.46. The van der Waals surface area contributed by atoms with Gasteiger partial charge in [0.05, 0.1) is 25.4 Å². The number of methoxy groups -OCH3 is 2. The number of carbonyl (C=O) groups excluding carboxylic acids is 1. The second-order valence-corrected chi connectivity index (χ2v) is 5.41. The molecule has 0 aliphatic carbocycles. The van der Waals surface area contributed by atoms with Crippen LogP contribution in [0.5, 0.6) is 11.5 Å². The molecule has 3 aromatic rings. The van der Waals surface area contributed by atoms with E-state index in [0.717, 1.165) is 22.2 Å². The first-order valence-electron chi connectivity index (χ1n) is 7.51. The number of anilines is 1. The molecule has 2 aromatic carbocycles. The van der Waals surface area contributed by atoms with Crippen LogP contribution >= 0.6 is 0 Å². The smallest absolute Gasteiger partial charge is 0.274 e. The number of pyridine rings is 1. The maximum atomic E-state index is 12.5. The summed E-state index contributed by atoms with van der Waals surface area (Å²) in [4.78, 5) is 16.9. The van der Waals surface area contributed by atoms with Crippen LogP contribution in [0.25, 0.3) is 10.9 Å². The van der Waals surface area contributed by atoms with Gasteiger partial charge in [0.25, 0.3) is 5.91 Å². The first-order valence-corrected chi connectivity index (χ1v) is 7.51. The summed E-state index contributed by atoms with van der Waals surface area (Å²) in [6, 6.07) is 14.7. The van der Waals surface area contributed by atoms with E-state index in [1.807, 2.05) is 49.4 Å². The second-order valence-electron chi connectivity index (χ2n) is 5.41. The Labute approximate surface area is 140 Å². The molecule has 1 aromatic heterocycles. The van der Waals surface area contributed by atoms with Gasteiger partial charge in [-0.1, -0.05) is 12.1 Å². The summed E-state index contributed by atoms with van der Waals surface area (Å²) in [5, 5.41) is 3.77. The zero-order valence-electron chi connectivity index (χ0n) is 13.8. The number of aromatic nitrogens is 1. The average molecular weight is 322 g/mol. The van der Waals surface area contributed by atoms with E-state index in [1.54, 1.807) is 20.3 Å². The summed E-state index contributed by atoms with van der Waals surface area (Å²) in [6.07, 6.45) is 0. The van der Waals surface area contributed by atoms with Crippen molar-refractivity contribution < 1.29 is 14.3 Å². The van der Waals surface area contributed by atoms with Crippen LogP contribution < -0.4 is 14.8 Å². The Balaban J connectivity index is 1.90. The number of ether oxygens (including phenoxy) is 2. The van der Waals surface area contributed by atoms with Gasteiger partial charge < -0.3 is 14.8 Å². The topological polar surface area (TPSA) is 60.5 Å². The van der Waals surface area contributed by atoms with Gasteiger partial charge in [-0.25, -0.2) is 4.98 Å². The third-order valence-electron chi connectivity index (χ3n) is 3.73. The normalized spacial score (nSPS) is 10.5. The second kappa shape index (κ2) is 6.58. The van der Waals surface area contributed by atoms with Gasteiger partial charge in [0.15, 0.2) is 0 Å². The van der Waals surface area contributed by atoms with Gasteiger partial charge in [-0.05, 0) is 48.9 Å². The zero-order valence-corrected chi connectivity index (χ0v) is 13.8. The quantitative estimate of drug-likeness (QED) is 0.793. The summed E-state index contributed by atoms with van der Waals surface area (Å²) in [5.74, 6) is 1.09. The fourth-order valence-electron chi connectivity index (χ4n) is 2.46. The number of aryl methyl sites for hydroxylation is 1. The highest BCUT2D eigenvalue weighted by Gasteiger charge is 2.12. The highest BCUT2D eigenvalue weighted by Crippen LogP contribution is 2.26. The third-order valence-corrected chi connectivity index (χ3v) is 3.73. The summed E-state index contributed by atoms with van der Waals surface area (Å²) >= 11 is 0. The van der Waals surface area contributed by atoms with E-state index < -0.39 is 0 Å². The molecule has 0 radical (unpaired) electrons. The van der Waals surface area contributed by atoms with Crippen molar-refractivity contribution in [1.82, 2.24) is 4.98 Å². The zero-order chi connectivity index (χ0) is 17.1. The molecule has 0 spiro atoms. The van der Waals surface area contributed by atoms with Gasteiger partial charge in [-0.3, -0.25) is 4.79 Å². The molecule has 1 amide bonds. The maximum absolute atomic E-state index is 12.5. The van der Waals surface area contributed by atoms with Gasteiger partial charge in [-0.15, -0.1) is 0 Å². The largest absolute Gasteiger partial charge is 0.497 e. The third kappa shape index (κ3) is 3.15. The van der Waals surface area contributed by atoms with Crippen LogP contribution in [0.15, 0.2) is 48.5 Å². The van der Waals surface area contributed by atoms with Crippen molar-refractivity contribution in [3.8, 4) is 11.5 Å². The molecule has 5 heteroatoms. The van der Waals surface area contributed by atoms with Crippen LogP contribution in [-0.2, 0) is 0 Å². The van der Waals surface area contributed by atoms with Crippen LogP contribution in [0.3, 0.4) is 0 Å². The predicted octanol–water partition coefficient (Wildman–Crippen LogP) is 3.81. The van der Waals surface area contributed by atoms with Gasteiger partial charge in [-0.2, -0.15) is 0 Å². The van der Waals surface area contributed by atoms with E-state index in [4.69, 9.17) is 9.47 Å². The van der Waals surface area contributed by atoms with Crippen molar-refractivity contribution >= 4 is 22.5 Å². The van der Waals surface area contributed by atoms with E-state index in [1.165, 1.54) is 0 Å². The highest BCUT2D eigenvalue weighted by atomic mass is 16.5. The fraction of sp³-hybridized carbons (Fsp3) is 0.158. The van der Waals surface area contributed by atoms with Crippen molar-refractivity contribution in [2.24, 2.45) is 0 Å². The van der Waals surface area contributed by atoms with Crippen molar-refractivity contribution in [2.75, 3.05) is 19.5 Å². The number of amides is 1. The minimum Gasteiger partial charge on any atom is -0.497 e. The number of rotatable bonds is 4. The Morgan fingerprint density at radius 1 is 1.00 bits per heavy atom. The minimum absolute atomic E-state index is 0.281. The van der Waals surface area contributed by atoms with E-state index >= 15 is 0 Å². The van der Waals surface area contributed by atoms with Gasteiger partial charge in [0, 0.05) is 5.39 Å². The van der Waals surface area contributed by atoms with Crippen LogP contribution in [0.2, 0.25) is 0 Å². The molecular formula is C19H18N2O3. The molecule has 122 valence electrons. The number of hydrogen-bond acceptors (Lipinski definition) is 4. The Hall–Kier alpha value is -3.08. The molecule has 0 aliphatic heterocycles. The number of carbonyl (C=O) groups is 1. The van der Waals surface area contributed by atoms with Crippen LogP contribution in [0.4, 0.5) is 5.69 Å². The molecule has 1 N–H and O–H groups in total. The first-order chi connectivity index (χ1) is 11.6. The standard InChI is InChI=1S/C19H18N2O3/c1-12-4-9-18(24-3)17(10-12)21-19(22)16-7-5-13-11-14(23-2)6-8-15(13)20-16/h4-11H,1-3H3,(H,21,22). The molecule has 5 nitrogen and oxygen atoms in total. The molecule has 0 fully saturated rings. The molecule has 0 unspecified atom stereocenters. The lowest BCUT2D eigenvalue weighted by Crippen LogP contribution is -2.14. The number of hydrogen-bond donors (Lipinski definition) is 1. The average Bonchev–Trinajstić information content (AvgIpc) is 2.61. The summed E-state index contributed by atoms with van der Waals surface area (Å²) in [6.45, 7) is 1.96. The molecule has 0 bridgehead atoms. The summed E-state index contributed by atoms with van der Waals surface area (Å²) in [7, 11) is 3.19. The van der Waals surface area contributed by atoms with Crippen LogP contribution in [-0.4, -0.2) is 25.1 Å². The molecular weight excluding hydrogens is 304 g/mol. The summed E-state index contributed by atoms with van der Waals surface area (Å²) < 4.78 is 10.5. The lowest BCUT2D eigenvalue weighted by atomic mass is 10.1. The van der Waals surface area contributed by atoms with Gasteiger partial charge >= 0.3 is 0 Å². The van der Waals surface area contributed by atoms with E-state index in [2.05, 4.69) is 10.3 Å². The number of benzene rings is 2. The summed E-state index contributed by atoms with van der Waals surface area (Å²) in [5.41, 5.74) is 2.74. The lowest BCUT2D eigenvalue weighted by molar-refractivity contribution is 0.102. The van der Waals surface area contributed by atoms with E-state index in [9.17, 15) is 4.79 Å². The van der Waals surface area contributed by atoms with Crippen molar-refractivity contribution in [1.29, 1.82) is 0 Å². The van der Waals surface area contributed by atoms with Crippen LogP contribution in [0.1, 0.15) is 16.1 Å². The molecule has 3 rings (SSSR count). The Kier molecular flexibility index (Phi) is 4.33. The number of nitrogens with zero attached hydrogens (tertiary/aromatic N) is 1. The number of nitrogens with one attached hydrogen (secondary N) is 1. The molecule has 0 saturated heterocycles. The van der Waals surface area contributed by atoms with Gasteiger partial charge in [0.1, 0.15) is 17.2 Å². The molecule has 0 saturated carbocycles. The highest BCUT2D eigenvalue weighted by molar-refractivity contribution is 6.04. The predicted molar refractivity (Wildman–Crippen MR) is 94.0 cm³/mol. The molecule has 0 atom stereocenters. The molecule has 1 heterocycles. The number of fused-ring (bicyclic) bond motifs is 1. The Morgan fingerprint density at radius 2 is 1.83 bits per heavy atom. The van der Waals surface area contributed by atoms with Crippen molar-refractivity contribution in [3.63, 3.8) is 0 Å². The molecule has 24 heavy (non-hydrogen) atoms. The monoisotopic (exact) mass is 322 g/mol. The first kappa shape index (κ1) is 15.8. The SMILES string of the molecule is COc1ccc2nc(C(=O)Nc3cc(C)ccc3OC)ccc2c1. The lowest BCUT2D eigenvalue weighted by Gasteiger charge is -2.11. The van der Waals surface area contributed by atoms with E-state index in [0.29, 0.717) is 17.1 Å². The van der Waals surface area contributed by atoms with Crippen molar-refractivity contribution in [3.05, 3.63) is 59.8 Å². The van der Waals surface area contributed by atoms with Crippen LogP contribution in [0, 0.1) is 6.92 Å². The van der Waals surface area contributed by atoms with Gasteiger partial charge in [0.2, 0.25) is 0 Å². The van der Waals surface area contributed by atoms with Crippen molar-refractivity contribution in [2.45, 2.75) is 6.92 Å². The Morgan fingerprint density at radius 3 is 2.58 bits per heavy atom. The Bertz CT molecular complexity index is 906. The minimum atomic E-state index is -0.281. The molecule has 0 aliphatic rings. The van der Waals surface area contributed by atoms with E-state index in [-0.39, 0.29) is 5.91 Å². The maximum Gasteiger partial charge on any atom is 0.274 e.